The molecule has 0 saturated heterocycles. The average molecular weight is 385 g/mol. The van der Waals surface area contributed by atoms with E-state index >= 15 is 0 Å². The molecule has 0 aliphatic carbocycles. The van der Waals surface area contributed by atoms with Crippen LogP contribution in [0.5, 0.6) is 11.5 Å². The molecule has 0 atom stereocenters. The number of hydrogen-bond donors (Lipinski definition) is 2. The van der Waals surface area contributed by atoms with Crippen LogP contribution in [0, 0.1) is 0 Å². The lowest BCUT2D eigenvalue weighted by atomic mass is 10.1. The maximum absolute atomic E-state index is 12.2. The van der Waals surface area contributed by atoms with Crippen LogP contribution < -0.4 is 20.1 Å². The van der Waals surface area contributed by atoms with Crippen LogP contribution in [-0.4, -0.2) is 32.2 Å². The Hall–Kier alpha value is -2.53. The standard InChI is InChI=1S/C23H32N2O3/c1-2-3-4-5-11-16-24-19-23(26)25-21-14-9-10-15-22(21)28-18-17-27-20-12-7-6-8-13-20/h6-10,12-15,24H,2-5,11,16-19H2,1H3,(H,25,26). The number of ether oxygens (including phenoxy) is 2. The molecule has 0 bridgehead atoms. The lowest BCUT2D eigenvalue weighted by Gasteiger charge is -2.13. The van der Waals surface area contributed by atoms with Gasteiger partial charge in [0.2, 0.25) is 5.91 Å². The van der Waals surface area contributed by atoms with Gasteiger partial charge in [-0.3, -0.25) is 4.79 Å². The number of para-hydroxylation sites is 3. The van der Waals surface area contributed by atoms with Gasteiger partial charge in [0.1, 0.15) is 24.7 Å². The van der Waals surface area contributed by atoms with Gasteiger partial charge in [0.15, 0.2) is 0 Å². The Kier molecular flexibility index (Phi) is 10.6. The van der Waals surface area contributed by atoms with Gasteiger partial charge in [0.05, 0.1) is 12.2 Å². The number of rotatable bonds is 14. The summed E-state index contributed by atoms with van der Waals surface area (Å²) in [5.41, 5.74) is 0.678. The molecule has 2 aromatic carbocycles. The molecule has 0 aliphatic heterocycles. The third-order valence-corrected chi connectivity index (χ3v) is 4.26. The highest BCUT2D eigenvalue weighted by Gasteiger charge is 2.07. The van der Waals surface area contributed by atoms with Gasteiger partial charge < -0.3 is 20.1 Å². The zero-order chi connectivity index (χ0) is 19.9. The fraction of sp³-hybridized carbons (Fsp3) is 0.435. The second-order valence-corrected chi connectivity index (χ2v) is 6.65. The van der Waals surface area contributed by atoms with Gasteiger partial charge in [0, 0.05) is 0 Å². The molecule has 0 heterocycles. The normalized spacial score (nSPS) is 10.5. The molecule has 2 rings (SSSR count). The average Bonchev–Trinajstić information content (AvgIpc) is 2.72. The summed E-state index contributed by atoms with van der Waals surface area (Å²) >= 11 is 0. The zero-order valence-electron chi connectivity index (χ0n) is 16.8. The van der Waals surface area contributed by atoms with E-state index < -0.39 is 0 Å². The third-order valence-electron chi connectivity index (χ3n) is 4.26. The SMILES string of the molecule is CCCCCCCNCC(=O)Nc1ccccc1OCCOc1ccccc1. The molecule has 152 valence electrons. The molecule has 0 radical (unpaired) electrons. The molecule has 28 heavy (non-hydrogen) atoms. The molecule has 0 saturated carbocycles. The van der Waals surface area contributed by atoms with Gasteiger partial charge in [-0.25, -0.2) is 0 Å². The first kappa shape index (κ1) is 21.8. The second-order valence-electron chi connectivity index (χ2n) is 6.65. The Balaban J connectivity index is 1.67. The van der Waals surface area contributed by atoms with Gasteiger partial charge in [0.25, 0.3) is 0 Å². The third kappa shape index (κ3) is 8.91. The maximum Gasteiger partial charge on any atom is 0.238 e. The van der Waals surface area contributed by atoms with Crippen LogP contribution in [0.1, 0.15) is 39.0 Å². The van der Waals surface area contributed by atoms with E-state index in [-0.39, 0.29) is 5.91 Å². The Morgan fingerprint density at radius 1 is 0.857 bits per heavy atom. The van der Waals surface area contributed by atoms with Crippen LogP contribution in [0.2, 0.25) is 0 Å². The van der Waals surface area contributed by atoms with E-state index in [0.717, 1.165) is 18.7 Å². The summed E-state index contributed by atoms with van der Waals surface area (Å²) in [6.07, 6.45) is 6.12. The number of carbonyl (C=O) groups excluding carboxylic acids is 1. The van der Waals surface area contributed by atoms with Crippen LogP contribution in [0.3, 0.4) is 0 Å². The number of carbonyl (C=O) groups is 1. The summed E-state index contributed by atoms with van der Waals surface area (Å²) in [5.74, 6) is 1.39. The first-order valence-corrected chi connectivity index (χ1v) is 10.2. The number of anilines is 1. The van der Waals surface area contributed by atoms with Gasteiger partial charge in [-0.2, -0.15) is 0 Å². The summed E-state index contributed by atoms with van der Waals surface area (Å²) in [7, 11) is 0. The highest BCUT2D eigenvalue weighted by atomic mass is 16.5. The minimum Gasteiger partial charge on any atom is -0.490 e. The zero-order valence-corrected chi connectivity index (χ0v) is 16.8. The van der Waals surface area contributed by atoms with E-state index in [0.29, 0.717) is 31.2 Å². The van der Waals surface area contributed by atoms with Crippen LogP contribution in [0.15, 0.2) is 54.6 Å². The first-order valence-electron chi connectivity index (χ1n) is 10.2. The molecule has 0 aromatic heterocycles. The van der Waals surface area contributed by atoms with E-state index in [1.165, 1.54) is 25.7 Å². The molecule has 2 N–H and O–H groups in total. The lowest BCUT2D eigenvalue weighted by Crippen LogP contribution is -2.29. The van der Waals surface area contributed by atoms with Crippen molar-refractivity contribution in [3.63, 3.8) is 0 Å². The summed E-state index contributed by atoms with van der Waals surface area (Å²) in [6, 6.07) is 17.1. The van der Waals surface area contributed by atoms with Gasteiger partial charge in [-0.1, -0.05) is 62.9 Å². The highest BCUT2D eigenvalue weighted by Crippen LogP contribution is 2.23. The molecule has 0 aliphatic rings. The Morgan fingerprint density at radius 3 is 2.39 bits per heavy atom. The predicted octanol–water partition coefficient (Wildman–Crippen LogP) is 4.64. The monoisotopic (exact) mass is 384 g/mol. The fourth-order valence-corrected chi connectivity index (χ4v) is 2.77. The number of amides is 1. The van der Waals surface area contributed by atoms with Crippen molar-refractivity contribution in [3.05, 3.63) is 54.6 Å². The van der Waals surface area contributed by atoms with Crippen LogP contribution >= 0.6 is 0 Å². The molecule has 1 amide bonds. The molecule has 0 spiro atoms. The molecular formula is C23H32N2O3. The summed E-state index contributed by atoms with van der Waals surface area (Å²) in [4.78, 5) is 12.2. The van der Waals surface area contributed by atoms with Crippen molar-refractivity contribution in [2.24, 2.45) is 0 Å². The predicted molar refractivity (Wildman–Crippen MR) is 114 cm³/mol. The van der Waals surface area contributed by atoms with E-state index in [2.05, 4.69) is 17.6 Å². The van der Waals surface area contributed by atoms with Crippen molar-refractivity contribution in [2.45, 2.75) is 39.0 Å². The molecule has 0 fully saturated rings. The van der Waals surface area contributed by atoms with Gasteiger partial charge in [-0.05, 0) is 37.2 Å². The van der Waals surface area contributed by atoms with Gasteiger partial charge in [-0.15, -0.1) is 0 Å². The largest absolute Gasteiger partial charge is 0.490 e. The Labute approximate surface area is 168 Å². The first-order chi connectivity index (χ1) is 13.8. The molecule has 5 nitrogen and oxygen atoms in total. The highest BCUT2D eigenvalue weighted by molar-refractivity contribution is 5.93. The van der Waals surface area contributed by atoms with Crippen molar-refractivity contribution in [1.82, 2.24) is 5.32 Å². The smallest absolute Gasteiger partial charge is 0.238 e. The van der Waals surface area contributed by atoms with Gasteiger partial charge >= 0.3 is 0 Å². The van der Waals surface area contributed by atoms with E-state index in [1.807, 2.05) is 54.6 Å². The number of unbranched alkanes of at least 4 members (excludes halogenated alkanes) is 4. The molecule has 5 heteroatoms. The van der Waals surface area contributed by atoms with Crippen LogP contribution in [0.4, 0.5) is 5.69 Å². The number of hydrogen-bond acceptors (Lipinski definition) is 4. The maximum atomic E-state index is 12.2. The van der Waals surface area contributed by atoms with E-state index in [1.54, 1.807) is 0 Å². The molecule has 0 unspecified atom stereocenters. The fourth-order valence-electron chi connectivity index (χ4n) is 2.77. The minimum absolute atomic E-state index is 0.0647. The van der Waals surface area contributed by atoms with Crippen molar-refractivity contribution in [2.75, 3.05) is 31.6 Å². The Bertz CT molecular complexity index is 677. The van der Waals surface area contributed by atoms with Crippen molar-refractivity contribution in [3.8, 4) is 11.5 Å². The lowest BCUT2D eigenvalue weighted by molar-refractivity contribution is -0.115. The van der Waals surface area contributed by atoms with Crippen molar-refractivity contribution in [1.29, 1.82) is 0 Å². The Morgan fingerprint density at radius 2 is 1.57 bits per heavy atom. The topological polar surface area (TPSA) is 59.6 Å². The quantitative estimate of drug-likeness (QED) is 0.466. The van der Waals surface area contributed by atoms with E-state index in [9.17, 15) is 4.79 Å². The number of nitrogens with one attached hydrogen (secondary N) is 2. The van der Waals surface area contributed by atoms with Crippen LogP contribution in [0.25, 0.3) is 0 Å². The summed E-state index contributed by atoms with van der Waals surface area (Å²) in [6.45, 7) is 4.22. The van der Waals surface area contributed by atoms with Crippen LogP contribution in [-0.2, 0) is 4.79 Å². The second kappa shape index (κ2) is 13.6. The van der Waals surface area contributed by atoms with E-state index in [4.69, 9.17) is 9.47 Å². The minimum atomic E-state index is -0.0647. The summed E-state index contributed by atoms with van der Waals surface area (Å²) < 4.78 is 11.4. The van der Waals surface area contributed by atoms with Crippen molar-refractivity contribution >= 4 is 11.6 Å². The molecule has 2 aromatic rings. The van der Waals surface area contributed by atoms with Crippen molar-refractivity contribution < 1.29 is 14.3 Å². The molecular weight excluding hydrogens is 352 g/mol. The summed E-state index contributed by atoms with van der Waals surface area (Å²) in [5, 5.41) is 6.11. The number of benzene rings is 2.